The lowest BCUT2D eigenvalue weighted by Gasteiger charge is -2.32. The average Bonchev–Trinajstić information content (AvgIpc) is 2.97. The lowest BCUT2D eigenvalue weighted by molar-refractivity contribution is 0.0765. The zero-order valence-electron chi connectivity index (χ0n) is 12.2. The molecule has 2 N–H and O–H groups in total. The monoisotopic (exact) mass is 290 g/mol. The molecule has 0 aliphatic carbocycles. The third-order valence-electron chi connectivity index (χ3n) is 4.59. The van der Waals surface area contributed by atoms with Gasteiger partial charge in [0.15, 0.2) is 0 Å². The SMILES string of the molecule is O=C(c1c(O)cccc1O)N1CCC(N2CCCCC2)C1. The molecule has 0 bridgehead atoms. The van der Waals surface area contributed by atoms with Crippen LogP contribution in [0.15, 0.2) is 18.2 Å². The van der Waals surface area contributed by atoms with Crippen LogP contribution in [0.25, 0.3) is 0 Å². The average molecular weight is 290 g/mol. The molecule has 2 heterocycles. The van der Waals surface area contributed by atoms with E-state index in [4.69, 9.17) is 0 Å². The molecule has 0 aromatic heterocycles. The molecular weight excluding hydrogens is 268 g/mol. The number of rotatable bonds is 2. The number of hydrogen-bond donors (Lipinski definition) is 2. The minimum atomic E-state index is -0.273. The second-order valence-corrected chi connectivity index (χ2v) is 5.96. The second-order valence-electron chi connectivity index (χ2n) is 5.96. The van der Waals surface area contributed by atoms with Crippen LogP contribution in [-0.2, 0) is 0 Å². The molecule has 1 amide bonds. The highest BCUT2D eigenvalue weighted by Gasteiger charge is 2.33. The summed E-state index contributed by atoms with van der Waals surface area (Å²) in [4.78, 5) is 16.7. The van der Waals surface area contributed by atoms with Gasteiger partial charge < -0.3 is 15.1 Å². The van der Waals surface area contributed by atoms with E-state index in [0.717, 1.165) is 19.5 Å². The molecule has 2 aliphatic heterocycles. The topological polar surface area (TPSA) is 64.0 Å². The van der Waals surface area contributed by atoms with Crippen LogP contribution in [0.5, 0.6) is 11.5 Å². The van der Waals surface area contributed by atoms with Crippen molar-refractivity contribution >= 4 is 5.91 Å². The number of piperidine rings is 1. The first-order valence-electron chi connectivity index (χ1n) is 7.71. The molecule has 1 unspecified atom stereocenters. The van der Waals surface area contributed by atoms with Gasteiger partial charge in [0.2, 0.25) is 0 Å². The molecular formula is C16H22N2O3. The van der Waals surface area contributed by atoms with Crippen LogP contribution < -0.4 is 0 Å². The van der Waals surface area contributed by atoms with Crippen molar-refractivity contribution in [2.45, 2.75) is 31.7 Å². The molecule has 2 aliphatic rings. The Morgan fingerprint density at radius 1 is 1.05 bits per heavy atom. The molecule has 3 rings (SSSR count). The van der Waals surface area contributed by atoms with E-state index in [0.29, 0.717) is 19.1 Å². The smallest absolute Gasteiger partial charge is 0.261 e. The summed E-state index contributed by atoms with van der Waals surface area (Å²) >= 11 is 0. The molecule has 0 radical (unpaired) electrons. The summed E-state index contributed by atoms with van der Waals surface area (Å²) in [6.45, 7) is 3.61. The molecule has 2 saturated heterocycles. The number of carbonyl (C=O) groups is 1. The Balaban J connectivity index is 1.69. The summed E-state index contributed by atoms with van der Waals surface area (Å²) in [5.74, 6) is -0.576. The van der Waals surface area contributed by atoms with Crippen molar-refractivity contribution in [3.8, 4) is 11.5 Å². The highest BCUT2D eigenvalue weighted by atomic mass is 16.3. The van der Waals surface area contributed by atoms with E-state index in [1.54, 1.807) is 4.90 Å². The van der Waals surface area contributed by atoms with Crippen molar-refractivity contribution in [1.82, 2.24) is 9.80 Å². The van der Waals surface area contributed by atoms with E-state index in [2.05, 4.69) is 4.90 Å². The molecule has 0 spiro atoms. The van der Waals surface area contributed by atoms with Gasteiger partial charge in [0.05, 0.1) is 0 Å². The van der Waals surface area contributed by atoms with Crippen LogP contribution >= 0.6 is 0 Å². The standard InChI is InChI=1S/C16H22N2O3/c19-13-5-4-6-14(20)15(13)16(21)18-10-7-12(11-18)17-8-2-1-3-9-17/h4-6,12,19-20H,1-3,7-11H2. The highest BCUT2D eigenvalue weighted by Crippen LogP contribution is 2.29. The fourth-order valence-corrected chi connectivity index (χ4v) is 3.41. The Labute approximate surface area is 124 Å². The quantitative estimate of drug-likeness (QED) is 0.872. The normalized spacial score (nSPS) is 23.4. The Kier molecular flexibility index (Phi) is 4.01. The van der Waals surface area contributed by atoms with Gasteiger partial charge in [-0.05, 0) is 44.5 Å². The zero-order valence-corrected chi connectivity index (χ0v) is 12.2. The number of phenols is 2. The Morgan fingerprint density at radius 3 is 2.38 bits per heavy atom. The Hall–Kier alpha value is -1.75. The number of aromatic hydroxyl groups is 2. The van der Waals surface area contributed by atoms with Crippen molar-refractivity contribution in [1.29, 1.82) is 0 Å². The predicted octanol–water partition coefficient (Wildman–Crippen LogP) is 1.80. The van der Waals surface area contributed by atoms with Gasteiger partial charge in [0.25, 0.3) is 5.91 Å². The maximum absolute atomic E-state index is 12.5. The maximum atomic E-state index is 12.5. The number of amides is 1. The van der Waals surface area contributed by atoms with Gasteiger partial charge in [-0.3, -0.25) is 9.69 Å². The van der Waals surface area contributed by atoms with E-state index in [-0.39, 0.29) is 23.0 Å². The third kappa shape index (κ3) is 2.83. The molecule has 1 aromatic rings. The van der Waals surface area contributed by atoms with Gasteiger partial charge in [0.1, 0.15) is 17.1 Å². The van der Waals surface area contributed by atoms with Crippen molar-refractivity contribution in [3.63, 3.8) is 0 Å². The van der Waals surface area contributed by atoms with E-state index < -0.39 is 0 Å². The van der Waals surface area contributed by atoms with Gasteiger partial charge in [-0.25, -0.2) is 0 Å². The molecule has 5 heteroatoms. The van der Waals surface area contributed by atoms with Crippen molar-refractivity contribution < 1.29 is 15.0 Å². The van der Waals surface area contributed by atoms with Gasteiger partial charge in [0, 0.05) is 19.1 Å². The maximum Gasteiger partial charge on any atom is 0.261 e. The van der Waals surface area contributed by atoms with Crippen LogP contribution in [0.3, 0.4) is 0 Å². The number of carbonyl (C=O) groups excluding carboxylic acids is 1. The fourth-order valence-electron chi connectivity index (χ4n) is 3.41. The van der Waals surface area contributed by atoms with Crippen molar-refractivity contribution in [3.05, 3.63) is 23.8 Å². The second kappa shape index (κ2) is 5.93. The van der Waals surface area contributed by atoms with E-state index in [1.165, 1.54) is 37.5 Å². The minimum absolute atomic E-state index is 0.0248. The van der Waals surface area contributed by atoms with Gasteiger partial charge in [-0.15, -0.1) is 0 Å². The zero-order chi connectivity index (χ0) is 14.8. The van der Waals surface area contributed by atoms with Gasteiger partial charge in [-0.1, -0.05) is 12.5 Å². The van der Waals surface area contributed by atoms with Crippen LogP contribution in [0, 0.1) is 0 Å². The Bertz CT molecular complexity index is 506. The highest BCUT2D eigenvalue weighted by molar-refractivity contribution is 5.99. The van der Waals surface area contributed by atoms with E-state index >= 15 is 0 Å². The van der Waals surface area contributed by atoms with Crippen LogP contribution in [0.1, 0.15) is 36.0 Å². The molecule has 1 atom stereocenters. The van der Waals surface area contributed by atoms with Crippen molar-refractivity contribution in [2.24, 2.45) is 0 Å². The van der Waals surface area contributed by atoms with Crippen LogP contribution in [0.2, 0.25) is 0 Å². The fraction of sp³-hybridized carbons (Fsp3) is 0.562. The van der Waals surface area contributed by atoms with E-state index in [1.807, 2.05) is 0 Å². The summed E-state index contributed by atoms with van der Waals surface area (Å²) in [6, 6.07) is 4.82. The first-order chi connectivity index (χ1) is 10.2. The first kappa shape index (κ1) is 14.2. The van der Waals surface area contributed by atoms with Gasteiger partial charge in [-0.2, -0.15) is 0 Å². The lowest BCUT2D eigenvalue weighted by atomic mass is 10.1. The molecule has 2 fully saturated rings. The Morgan fingerprint density at radius 2 is 1.71 bits per heavy atom. The molecule has 0 saturated carbocycles. The number of phenolic OH excluding ortho intramolecular Hbond substituents is 2. The van der Waals surface area contributed by atoms with E-state index in [9.17, 15) is 15.0 Å². The number of hydrogen-bond acceptors (Lipinski definition) is 4. The molecule has 114 valence electrons. The molecule has 1 aromatic carbocycles. The third-order valence-corrected chi connectivity index (χ3v) is 4.59. The van der Waals surface area contributed by atoms with Crippen molar-refractivity contribution in [2.75, 3.05) is 26.2 Å². The largest absolute Gasteiger partial charge is 0.507 e. The minimum Gasteiger partial charge on any atom is -0.507 e. The first-order valence-corrected chi connectivity index (χ1v) is 7.71. The van der Waals surface area contributed by atoms with Crippen LogP contribution in [-0.4, -0.2) is 58.1 Å². The summed E-state index contributed by atoms with van der Waals surface area (Å²) in [7, 11) is 0. The number of nitrogens with zero attached hydrogens (tertiary/aromatic N) is 2. The lowest BCUT2D eigenvalue weighted by Crippen LogP contribution is -2.41. The number of likely N-dealkylation sites (tertiary alicyclic amines) is 2. The summed E-state index contributed by atoms with van der Waals surface area (Å²) in [5.41, 5.74) is 0.0248. The molecule has 5 nitrogen and oxygen atoms in total. The predicted molar refractivity (Wildman–Crippen MR) is 79.5 cm³/mol. The number of benzene rings is 1. The summed E-state index contributed by atoms with van der Waals surface area (Å²) in [5, 5.41) is 19.6. The van der Waals surface area contributed by atoms with Crippen LogP contribution in [0.4, 0.5) is 0 Å². The summed E-state index contributed by atoms with van der Waals surface area (Å²) in [6.07, 6.45) is 4.76. The van der Waals surface area contributed by atoms with Gasteiger partial charge >= 0.3 is 0 Å². The molecule has 21 heavy (non-hydrogen) atoms. The summed E-state index contributed by atoms with van der Waals surface area (Å²) < 4.78 is 0.